The number of aromatic nitrogens is 2. The monoisotopic (exact) mass is 296 g/mol. The van der Waals surface area contributed by atoms with Gasteiger partial charge in [-0.1, -0.05) is 0 Å². The Hall–Kier alpha value is -2.09. The lowest BCUT2D eigenvalue weighted by Gasteiger charge is -2.13. The molecule has 0 spiro atoms. The smallest absolute Gasteiger partial charge is 0.271 e. The molecule has 1 aliphatic rings. The van der Waals surface area contributed by atoms with Gasteiger partial charge in [0, 0.05) is 45.7 Å². The highest BCUT2D eigenvalue weighted by Gasteiger charge is 2.17. The summed E-state index contributed by atoms with van der Waals surface area (Å²) in [6, 6.07) is 1.62. The van der Waals surface area contributed by atoms with Crippen molar-refractivity contribution in [2.45, 2.75) is 19.4 Å². The molecule has 0 fully saturated rings. The second-order valence-electron chi connectivity index (χ2n) is 4.64. The number of methoxy groups -OCH3 is 1. The zero-order valence-corrected chi connectivity index (χ0v) is 12.1. The summed E-state index contributed by atoms with van der Waals surface area (Å²) >= 11 is 0. The number of nitrogens with zero attached hydrogens (tertiary/aromatic N) is 2. The van der Waals surface area contributed by atoms with E-state index < -0.39 is 0 Å². The maximum atomic E-state index is 11.9. The van der Waals surface area contributed by atoms with Gasteiger partial charge in [0.1, 0.15) is 0 Å². The van der Waals surface area contributed by atoms with Crippen molar-refractivity contribution in [2.24, 2.45) is 0 Å². The number of fused-ring (bicyclic) bond motifs is 1. The molecule has 2 heterocycles. The van der Waals surface area contributed by atoms with Gasteiger partial charge in [0.05, 0.1) is 13.2 Å². The van der Waals surface area contributed by atoms with Gasteiger partial charge in [0.25, 0.3) is 5.91 Å². The van der Waals surface area contributed by atoms with Crippen molar-refractivity contribution in [1.29, 1.82) is 0 Å². The van der Waals surface area contributed by atoms with E-state index in [1.165, 1.54) is 0 Å². The van der Waals surface area contributed by atoms with E-state index >= 15 is 0 Å². The van der Waals surface area contributed by atoms with Crippen LogP contribution in [0.15, 0.2) is 6.07 Å². The van der Waals surface area contributed by atoms with Gasteiger partial charge in [-0.25, -0.2) is 4.68 Å². The van der Waals surface area contributed by atoms with Crippen LogP contribution in [0.1, 0.15) is 23.3 Å². The molecule has 1 aromatic rings. The Balaban J connectivity index is 1.72. The van der Waals surface area contributed by atoms with Gasteiger partial charge < -0.3 is 20.1 Å². The van der Waals surface area contributed by atoms with Crippen LogP contribution in [0.25, 0.3) is 0 Å². The molecule has 116 valence electrons. The van der Waals surface area contributed by atoms with E-state index in [4.69, 9.17) is 9.47 Å². The Morgan fingerprint density at radius 2 is 2.29 bits per heavy atom. The van der Waals surface area contributed by atoms with Crippen molar-refractivity contribution >= 4 is 11.8 Å². The number of rotatable bonds is 7. The Labute approximate surface area is 122 Å². The summed E-state index contributed by atoms with van der Waals surface area (Å²) in [6.07, 6.45) is 1.11. The number of aryl methyl sites for hydroxylation is 1. The molecular weight excluding hydrogens is 276 g/mol. The second-order valence-corrected chi connectivity index (χ2v) is 4.64. The van der Waals surface area contributed by atoms with E-state index in [0.29, 0.717) is 31.3 Å². The van der Waals surface area contributed by atoms with Crippen LogP contribution in [0.4, 0.5) is 0 Å². The molecule has 0 aliphatic carbocycles. The summed E-state index contributed by atoms with van der Waals surface area (Å²) in [5.74, 6) is 0.189. The van der Waals surface area contributed by atoms with Crippen molar-refractivity contribution in [1.82, 2.24) is 20.4 Å². The molecule has 0 radical (unpaired) electrons. The fourth-order valence-electron chi connectivity index (χ4n) is 1.94. The standard InChI is InChI=1S/C13H20N4O4/c1-20-8-5-14-11(18)3-4-15-13(19)10-9-12-17(16-10)6-2-7-21-12/h9H,2-8H2,1H3,(H,14,18)(H,15,19). The van der Waals surface area contributed by atoms with Gasteiger partial charge in [-0.3, -0.25) is 9.59 Å². The molecule has 2 N–H and O–H groups in total. The van der Waals surface area contributed by atoms with Crippen LogP contribution in [0.3, 0.4) is 0 Å². The zero-order valence-electron chi connectivity index (χ0n) is 12.1. The maximum Gasteiger partial charge on any atom is 0.271 e. The van der Waals surface area contributed by atoms with Crippen molar-refractivity contribution in [3.63, 3.8) is 0 Å². The first-order valence-electron chi connectivity index (χ1n) is 6.95. The highest BCUT2D eigenvalue weighted by atomic mass is 16.5. The average Bonchev–Trinajstić information content (AvgIpc) is 2.91. The number of carbonyl (C=O) groups is 2. The molecular formula is C13H20N4O4. The molecule has 2 amide bonds. The van der Waals surface area contributed by atoms with Crippen molar-refractivity contribution in [3.05, 3.63) is 11.8 Å². The molecule has 0 atom stereocenters. The molecule has 0 bridgehead atoms. The highest BCUT2D eigenvalue weighted by Crippen LogP contribution is 2.18. The predicted molar refractivity (Wildman–Crippen MR) is 74.2 cm³/mol. The van der Waals surface area contributed by atoms with Crippen molar-refractivity contribution < 1.29 is 19.1 Å². The normalized spacial score (nSPS) is 13.2. The lowest BCUT2D eigenvalue weighted by atomic mass is 10.3. The molecule has 21 heavy (non-hydrogen) atoms. The second kappa shape index (κ2) is 7.63. The van der Waals surface area contributed by atoms with Gasteiger partial charge >= 0.3 is 0 Å². The third-order valence-electron chi connectivity index (χ3n) is 3.01. The minimum atomic E-state index is -0.301. The van der Waals surface area contributed by atoms with Crippen molar-refractivity contribution in [2.75, 3.05) is 33.4 Å². The first-order valence-corrected chi connectivity index (χ1v) is 6.95. The summed E-state index contributed by atoms with van der Waals surface area (Å²) in [7, 11) is 1.57. The average molecular weight is 296 g/mol. The Morgan fingerprint density at radius 3 is 3.05 bits per heavy atom. The van der Waals surface area contributed by atoms with E-state index in [1.807, 2.05) is 0 Å². The number of carbonyl (C=O) groups excluding carboxylic acids is 2. The molecule has 1 aromatic heterocycles. The molecule has 1 aliphatic heterocycles. The fraction of sp³-hybridized carbons (Fsp3) is 0.615. The van der Waals surface area contributed by atoms with Crippen LogP contribution >= 0.6 is 0 Å². The Kier molecular flexibility index (Phi) is 5.56. The van der Waals surface area contributed by atoms with E-state index in [2.05, 4.69) is 15.7 Å². The molecule has 0 saturated heterocycles. The highest BCUT2D eigenvalue weighted by molar-refractivity contribution is 5.92. The summed E-state index contributed by atoms with van der Waals surface area (Å²) in [4.78, 5) is 23.3. The lowest BCUT2D eigenvalue weighted by molar-refractivity contribution is -0.121. The number of nitrogens with one attached hydrogen (secondary N) is 2. The molecule has 2 rings (SSSR count). The van der Waals surface area contributed by atoms with Crippen LogP contribution in [0, 0.1) is 0 Å². The SMILES string of the molecule is COCCNC(=O)CCNC(=O)c1cc2n(n1)CCCO2. The minimum absolute atomic E-state index is 0.125. The van der Waals surface area contributed by atoms with Crippen LogP contribution in [0.5, 0.6) is 5.88 Å². The predicted octanol–water partition coefficient (Wildman–Crippen LogP) is -0.452. The van der Waals surface area contributed by atoms with E-state index in [1.54, 1.807) is 17.9 Å². The topological polar surface area (TPSA) is 94.5 Å². The van der Waals surface area contributed by atoms with Gasteiger partial charge in [0.2, 0.25) is 11.8 Å². The van der Waals surface area contributed by atoms with Crippen LogP contribution in [-0.4, -0.2) is 55.0 Å². The lowest BCUT2D eigenvalue weighted by Crippen LogP contribution is -2.32. The summed E-state index contributed by atoms with van der Waals surface area (Å²) in [6.45, 7) is 2.60. The molecule has 0 aromatic carbocycles. The van der Waals surface area contributed by atoms with E-state index in [-0.39, 0.29) is 24.8 Å². The summed E-state index contributed by atoms with van der Waals surface area (Å²) in [5.41, 5.74) is 0.312. The van der Waals surface area contributed by atoms with E-state index in [9.17, 15) is 9.59 Å². The first-order chi connectivity index (χ1) is 10.2. The minimum Gasteiger partial charge on any atom is -0.478 e. The summed E-state index contributed by atoms with van der Waals surface area (Å²) in [5, 5.41) is 9.52. The van der Waals surface area contributed by atoms with Crippen LogP contribution in [-0.2, 0) is 16.1 Å². The third-order valence-corrected chi connectivity index (χ3v) is 3.01. The third kappa shape index (κ3) is 4.45. The summed E-state index contributed by atoms with van der Waals surface area (Å²) < 4.78 is 11.9. The molecule has 0 saturated carbocycles. The Morgan fingerprint density at radius 1 is 1.43 bits per heavy atom. The Bertz CT molecular complexity index is 477. The van der Waals surface area contributed by atoms with Crippen LogP contribution < -0.4 is 15.4 Å². The van der Waals surface area contributed by atoms with E-state index in [0.717, 1.165) is 13.0 Å². The zero-order chi connectivity index (χ0) is 15.1. The van der Waals surface area contributed by atoms with Gasteiger partial charge in [-0.15, -0.1) is 0 Å². The fourth-order valence-corrected chi connectivity index (χ4v) is 1.94. The number of hydrogen-bond donors (Lipinski definition) is 2. The quantitative estimate of drug-likeness (QED) is 0.665. The first kappa shape index (κ1) is 15.3. The number of hydrogen-bond acceptors (Lipinski definition) is 5. The van der Waals surface area contributed by atoms with Crippen LogP contribution in [0.2, 0.25) is 0 Å². The van der Waals surface area contributed by atoms with Gasteiger partial charge in [-0.2, -0.15) is 5.10 Å². The maximum absolute atomic E-state index is 11.9. The molecule has 8 heteroatoms. The number of amides is 2. The molecule has 0 unspecified atom stereocenters. The largest absolute Gasteiger partial charge is 0.478 e. The van der Waals surface area contributed by atoms with Crippen molar-refractivity contribution in [3.8, 4) is 5.88 Å². The number of ether oxygens (including phenoxy) is 2. The van der Waals surface area contributed by atoms with Gasteiger partial charge in [-0.05, 0) is 0 Å². The molecule has 8 nitrogen and oxygen atoms in total. The van der Waals surface area contributed by atoms with Gasteiger partial charge in [0.15, 0.2) is 5.69 Å².